The van der Waals surface area contributed by atoms with Crippen molar-refractivity contribution in [2.75, 3.05) is 5.32 Å². The summed E-state index contributed by atoms with van der Waals surface area (Å²) in [5.41, 5.74) is 6.45. The van der Waals surface area contributed by atoms with Gasteiger partial charge in [-0.25, -0.2) is 0 Å². The van der Waals surface area contributed by atoms with Crippen LogP contribution >= 0.6 is 24.8 Å². The molecule has 5 N–H and O–H groups in total. The fourth-order valence-corrected chi connectivity index (χ4v) is 1.99. The molecule has 0 saturated carbocycles. The van der Waals surface area contributed by atoms with Gasteiger partial charge in [-0.3, -0.25) is 14.7 Å². The van der Waals surface area contributed by atoms with Crippen molar-refractivity contribution < 1.29 is 9.59 Å². The molecule has 0 aliphatic carbocycles. The van der Waals surface area contributed by atoms with Crippen LogP contribution in [0.15, 0.2) is 42.6 Å². The Bertz CT molecular complexity index is 650. The summed E-state index contributed by atoms with van der Waals surface area (Å²) in [4.78, 5) is 24.8. The second-order valence-electron chi connectivity index (χ2n) is 5.46. The van der Waals surface area contributed by atoms with Crippen molar-refractivity contribution in [3.63, 3.8) is 0 Å². The predicted octanol–water partition coefficient (Wildman–Crippen LogP) is 2.03. The van der Waals surface area contributed by atoms with Gasteiger partial charge in [0, 0.05) is 18.0 Å². The monoisotopic (exact) mass is 387 g/mol. The van der Waals surface area contributed by atoms with Crippen molar-refractivity contribution in [1.82, 2.24) is 15.5 Å². The summed E-state index contributed by atoms with van der Waals surface area (Å²) < 4.78 is 0. The van der Waals surface area contributed by atoms with Crippen LogP contribution in [-0.2, 0) is 9.59 Å². The second-order valence-corrected chi connectivity index (χ2v) is 5.46. The average molecular weight is 388 g/mol. The Balaban J connectivity index is 0.00000288. The lowest BCUT2D eigenvalue weighted by Gasteiger charge is -2.22. The molecule has 0 aliphatic heterocycles. The molecule has 0 radical (unpaired) electrons. The van der Waals surface area contributed by atoms with Gasteiger partial charge >= 0.3 is 0 Å². The molecule has 2 aromatic rings. The summed E-state index contributed by atoms with van der Waals surface area (Å²) in [6.45, 7) is 3.49. The van der Waals surface area contributed by atoms with Crippen molar-refractivity contribution in [2.24, 2.45) is 11.7 Å². The number of hydrogen-bond donors (Lipinski definition) is 4. The van der Waals surface area contributed by atoms with Crippen LogP contribution in [0.2, 0.25) is 0 Å². The number of anilines is 1. The van der Waals surface area contributed by atoms with Crippen LogP contribution in [0.3, 0.4) is 0 Å². The number of H-pyrrole nitrogens is 1. The second kappa shape index (κ2) is 10.7. The lowest BCUT2D eigenvalue weighted by molar-refractivity contribution is -0.129. The van der Waals surface area contributed by atoms with Gasteiger partial charge in [0.05, 0.1) is 6.20 Å². The Morgan fingerprint density at radius 2 is 1.72 bits per heavy atom. The summed E-state index contributed by atoms with van der Waals surface area (Å²) in [5, 5.41) is 11.9. The van der Waals surface area contributed by atoms with Gasteiger partial charge < -0.3 is 16.4 Å². The molecule has 25 heavy (non-hydrogen) atoms. The molecule has 7 nitrogen and oxygen atoms in total. The summed E-state index contributed by atoms with van der Waals surface area (Å²) >= 11 is 0. The highest BCUT2D eigenvalue weighted by molar-refractivity contribution is 5.97. The van der Waals surface area contributed by atoms with Gasteiger partial charge in [-0.05, 0) is 12.5 Å². The van der Waals surface area contributed by atoms with E-state index in [1.807, 2.05) is 18.2 Å². The molecule has 1 aromatic heterocycles. The number of carbonyl (C=O) groups excluding carboxylic acids is 2. The van der Waals surface area contributed by atoms with E-state index in [0.717, 1.165) is 0 Å². The lowest BCUT2D eigenvalue weighted by atomic mass is 10.0. The van der Waals surface area contributed by atoms with E-state index in [2.05, 4.69) is 20.8 Å². The topological polar surface area (TPSA) is 113 Å². The first-order valence-electron chi connectivity index (χ1n) is 7.40. The SMILES string of the molecule is CC(N)C(C)C(=O)NC(C(=O)Nc1ccn[nH]1)c1ccccc1.Cl.Cl. The van der Waals surface area contributed by atoms with E-state index in [1.165, 1.54) is 6.20 Å². The molecule has 1 aromatic carbocycles. The largest absolute Gasteiger partial charge is 0.340 e. The summed E-state index contributed by atoms with van der Waals surface area (Å²) in [7, 11) is 0. The van der Waals surface area contributed by atoms with Crippen LogP contribution in [0.5, 0.6) is 0 Å². The fraction of sp³-hybridized carbons (Fsp3) is 0.312. The van der Waals surface area contributed by atoms with Crippen molar-refractivity contribution in [3.05, 3.63) is 48.2 Å². The zero-order chi connectivity index (χ0) is 16.8. The Morgan fingerprint density at radius 3 is 2.24 bits per heavy atom. The first kappa shape index (κ1) is 22.9. The summed E-state index contributed by atoms with van der Waals surface area (Å²) in [5.74, 6) is -0.564. The van der Waals surface area contributed by atoms with E-state index in [9.17, 15) is 9.59 Å². The van der Waals surface area contributed by atoms with E-state index >= 15 is 0 Å². The fourth-order valence-electron chi connectivity index (χ4n) is 1.99. The molecule has 0 saturated heterocycles. The van der Waals surface area contributed by atoms with Gasteiger partial charge in [-0.1, -0.05) is 37.3 Å². The van der Waals surface area contributed by atoms with E-state index in [1.54, 1.807) is 32.0 Å². The molecule has 2 amide bonds. The first-order chi connectivity index (χ1) is 11.0. The number of hydrogen-bond acceptors (Lipinski definition) is 4. The van der Waals surface area contributed by atoms with Crippen LogP contribution < -0.4 is 16.4 Å². The molecule has 138 valence electrons. The number of benzene rings is 1. The third-order valence-corrected chi connectivity index (χ3v) is 3.64. The standard InChI is InChI=1S/C16H21N5O2.2ClH/c1-10(11(2)17)15(22)20-14(12-6-4-3-5-7-12)16(23)19-13-8-9-18-21-13;;/h3-11,14H,17H2,1-2H3,(H,20,22)(H2,18,19,21,23);2*1H. The number of aromatic amines is 1. The maximum atomic E-state index is 12.5. The van der Waals surface area contributed by atoms with Gasteiger partial charge in [0.2, 0.25) is 5.91 Å². The Labute approximate surface area is 159 Å². The summed E-state index contributed by atoms with van der Waals surface area (Å²) in [6, 6.07) is 9.56. The van der Waals surface area contributed by atoms with Crippen LogP contribution in [0.25, 0.3) is 0 Å². The molecule has 3 atom stereocenters. The van der Waals surface area contributed by atoms with Crippen LogP contribution in [-0.4, -0.2) is 28.1 Å². The van der Waals surface area contributed by atoms with Gasteiger partial charge in [-0.15, -0.1) is 24.8 Å². The highest BCUT2D eigenvalue weighted by Gasteiger charge is 2.26. The van der Waals surface area contributed by atoms with Crippen LogP contribution in [0, 0.1) is 5.92 Å². The quantitative estimate of drug-likeness (QED) is 0.607. The van der Waals surface area contributed by atoms with Gasteiger partial charge in [-0.2, -0.15) is 5.10 Å². The minimum atomic E-state index is -0.812. The molecule has 0 spiro atoms. The molecular formula is C16H23Cl2N5O2. The molecule has 1 heterocycles. The molecule has 0 bridgehead atoms. The van der Waals surface area contributed by atoms with Crippen molar-refractivity contribution in [1.29, 1.82) is 0 Å². The number of amides is 2. The number of halogens is 2. The number of rotatable bonds is 6. The number of aromatic nitrogens is 2. The zero-order valence-corrected chi connectivity index (χ0v) is 15.6. The van der Waals surface area contributed by atoms with Crippen molar-refractivity contribution >= 4 is 42.4 Å². The highest BCUT2D eigenvalue weighted by atomic mass is 35.5. The van der Waals surface area contributed by atoms with E-state index in [4.69, 9.17) is 5.73 Å². The number of nitrogens with zero attached hydrogens (tertiary/aromatic N) is 1. The third kappa shape index (κ3) is 6.38. The predicted molar refractivity (Wildman–Crippen MR) is 102 cm³/mol. The minimum absolute atomic E-state index is 0. The maximum Gasteiger partial charge on any atom is 0.252 e. The Kier molecular flexibility index (Phi) is 9.81. The maximum absolute atomic E-state index is 12.5. The number of nitrogens with two attached hydrogens (primary N) is 1. The average Bonchev–Trinajstić information content (AvgIpc) is 3.05. The highest BCUT2D eigenvalue weighted by Crippen LogP contribution is 2.16. The van der Waals surface area contributed by atoms with Crippen LogP contribution in [0.4, 0.5) is 5.82 Å². The van der Waals surface area contributed by atoms with Crippen molar-refractivity contribution in [3.8, 4) is 0 Å². The molecular weight excluding hydrogens is 365 g/mol. The minimum Gasteiger partial charge on any atom is -0.340 e. The van der Waals surface area contributed by atoms with Gasteiger partial charge in [0.15, 0.2) is 0 Å². The van der Waals surface area contributed by atoms with E-state index in [0.29, 0.717) is 11.4 Å². The molecule has 9 heteroatoms. The molecule has 0 aliphatic rings. The summed E-state index contributed by atoms with van der Waals surface area (Å²) in [6.07, 6.45) is 1.53. The van der Waals surface area contributed by atoms with E-state index < -0.39 is 12.0 Å². The Hall–Kier alpha value is -2.09. The van der Waals surface area contributed by atoms with Crippen molar-refractivity contribution in [2.45, 2.75) is 25.9 Å². The molecule has 3 unspecified atom stereocenters. The number of nitrogens with one attached hydrogen (secondary N) is 3. The van der Waals surface area contributed by atoms with E-state index in [-0.39, 0.29) is 42.7 Å². The lowest BCUT2D eigenvalue weighted by Crippen LogP contribution is -2.43. The smallest absolute Gasteiger partial charge is 0.252 e. The molecule has 2 rings (SSSR count). The Morgan fingerprint density at radius 1 is 1.08 bits per heavy atom. The normalized spacial score (nSPS) is 13.4. The first-order valence-corrected chi connectivity index (χ1v) is 7.40. The molecule has 0 fully saturated rings. The third-order valence-electron chi connectivity index (χ3n) is 3.64. The number of carbonyl (C=O) groups is 2. The van der Waals surface area contributed by atoms with Gasteiger partial charge in [0.25, 0.3) is 5.91 Å². The van der Waals surface area contributed by atoms with Crippen LogP contribution in [0.1, 0.15) is 25.5 Å². The zero-order valence-electron chi connectivity index (χ0n) is 13.9. The van der Waals surface area contributed by atoms with Gasteiger partial charge in [0.1, 0.15) is 11.9 Å².